The summed E-state index contributed by atoms with van der Waals surface area (Å²) in [6, 6.07) is 13.7. The Morgan fingerprint density at radius 1 is 1.00 bits per heavy atom. The number of nitrogens with zero attached hydrogens (tertiary/aromatic N) is 1. The molecule has 152 valence electrons. The lowest BCUT2D eigenvalue weighted by molar-refractivity contribution is -0.115. The summed E-state index contributed by atoms with van der Waals surface area (Å²) in [6.07, 6.45) is -0.174. The van der Waals surface area contributed by atoms with Crippen molar-refractivity contribution in [3.05, 3.63) is 77.9 Å². The van der Waals surface area contributed by atoms with Crippen molar-refractivity contribution in [3.63, 3.8) is 0 Å². The Hall–Kier alpha value is -4.07. The molecule has 0 spiro atoms. The van der Waals surface area contributed by atoms with E-state index in [2.05, 4.69) is 15.6 Å². The van der Waals surface area contributed by atoms with Gasteiger partial charge in [-0.15, -0.1) is 0 Å². The van der Waals surface area contributed by atoms with Crippen molar-refractivity contribution in [2.75, 3.05) is 10.6 Å². The van der Waals surface area contributed by atoms with Crippen molar-refractivity contribution < 1.29 is 23.9 Å². The molecular weight excluding hydrogens is 389 g/mol. The summed E-state index contributed by atoms with van der Waals surface area (Å²) < 4.78 is 13.5. The predicted molar refractivity (Wildman–Crippen MR) is 110 cm³/mol. The normalized spacial score (nSPS) is 10.3. The summed E-state index contributed by atoms with van der Waals surface area (Å²) in [5.41, 5.74) is 2.75. The largest absolute Gasteiger partial charge is 0.465 e. The van der Waals surface area contributed by atoms with Gasteiger partial charge in [-0.2, -0.15) is 0 Å². The highest BCUT2D eigenvalue weighted by Gasteiger charge is 2.16. The zero-order valence-corrected chi connectivity index (χ0v) is 16.0. The van der Waals surface area contributed by atoms with Gasteiger partial charge in [0.05, 0.1) is 17.8 Å². The number of aromatic nitrogens is 1. The number of carboxylic acid groups (broad SMARTS) is 1. The van der Waals surface area contributed by atoms with Gasteiger partial charge in [-0.25, -0.2) is 9.18 Å². The molecule has 3 rings (SSSR count). The van der Waals surface area contributed by atoms with E-state index in [1.54, 1.807) is 30.5 Å². The first-order chi connectivity index (χ1) is 14.3. The van der Waals surface area contributed by atoms with E-state index in [0.717, 1.165) is 29.0 Å². The van der Waals surface area contributed by atoms with Gasteiger partial charge in [0.1, 0.15) is 5.82 Å². The average molecular weight is 407 g/mol. The first-order valence-electron chi connectivity index (χ1n) is 8.98. The molecule has 3 aromatic rings. The molecule has 0 bridgehead atoms. The number of rotatable bonds is 6. The molecule has 0 aliphatic carbocycles. The van der Waals surface area contributed by atoms with Gasteiger partial charge in [-0.1, -0.05) is 24.3 Å². The number of aryl methyl sites for hydroxylation is 1. The fourth-order valence-corrected chi connectivity index (χ4v) is 2.94. The summed E-state index contributed by atoms with van der Waals surface area (Å²) in [5, 5.41) is 13.3. The van der Waals surface area contributed by atoms with Crippen LogP contribution in [0, 0.1) is 12.7 Å². The van der Waals surface area contributed by atoms with Gasteiger partial charge in [0, 0.05) is 23.0 Å². The topological polar surface area (TPSA) is 108 Å². The number of ketones is 1. The summed E-state index contributed by atoms with van der Waals surface area (Å²) in [6.45, 7) is 1.86. The molecule has 2 aromatic carbocycles. The highest BCUT2D eigenvalue weighted by molar-refractivity contribution is 6.12. The van der Waals surface area contributed by atoms with Crippen molar-refractivity contribution in [1.29, 1.82) is 0 Å². The molecule has 1 heterocycles. The van der Waals surface area contributed by atoms with E-state index < -0.39 is 30.0 Å². The van der Waals surface area contributed by atoms with E-state index in [-0.39, 0.29) is 11.4 Å². The minimum Gasteiger partial charge on any atom is -0.465 e. The molecule has 3 N–H and O–H groups in total. The number of halogens is 1. The van der Waals surface area contributed by atoms with Gasteiger partial charge in [0.15, 0.2) is 5.78 Å². The van der Waals surface area contributed by atoms with E-state index >= 15 is 0 Å². The number of benzene rings is 2. The maximum atomic E-state index is 13.5. The molecule has 0 fully saturated rings. The zero-order chi connectivity index (χ0) is 21.7. The number of carbonyl (C=O) groups excluding carboxylic acids is 2. The summed E-state index contributed by atoms with van der Waals surface area (Å²) in [5.74, 6) is -1.78. The zero-order valence-electron chi connectivity index (χ0n) is 16.0. The lowest BCUT2D eigenvalue weighted by Gasteiger charge is -2.11. The van der Waals surface area contributed by atoms with E-state index in [9.17, 15) is 18.8 Å². The summed E-state index contributed by atoms with van der Waals surface area (Å²) in [7, 11) is 0. The van der Waals surface area contributed by atoms with Crippen LogP contribution >= 0.6 is 0 Å². The number of pyridine rings is 1. The molecule has 0 saturated carbocycles. The molecule has 1 aromatic heterocycles. The van der Waals surface area contributed by atoms with E-state index in [4.69, 9.17) is 5.11 Å². The van der Waals surface area contributed by atoms with Gasteiger partial charge in [0.25, 0.3) is 0 Å². The van der Waals surface area contributed by atoms with E-state index in [0.29, 0.717) is 5.56 Å². The molecular formula is C22H18FN3O4. The molecule has 0 unspecified atom stereocenters. The van der Waals surface area contributed by atoms with Crippen molar-refractivity contribution in [1.82, 2.24) is 4.98 Å². The van der Waals surface area contributed by atoms with Crippen LogP contribution in [0.1, 0.15) is 22.5 Å². The third kappa shape index (κ3) is 5.05. The molecule has 0 saturated heterocycles. The minimum absolute atomic E-state index is 0.00116. The number of hydrogen-bond acceptors (Lipinski definition) is 4. The Morgan fingerprint density at radius 2 is 1.80 bits per heavy atom. The Bertz CT molecular complexity index is 1130. The monoisotopic (exact) mass is 407 g/mol. The smallest absolute Gasteiger partial charge is 0.409 e. The molecule has 0 radical (unpaired) electrons. The number of nitrogens with one attached hydrogen (secondary N) is 2. The van der Waals surface area contributed by atoms with Gasteiger partial charge in [0.2, 0.25) is 5.91 Å². The second-order valence-electron chi connectivity index (χ2n) is 6.49. The lowest BCUT2D eigenvalue weighted by Crippen LogP contribution is -2.18. The third-order valence-corrected chi connectivity index (χ3v) is 4.32. The Labute approximate surface area is 171 Å². The van der Waals surface area contributed by atoms with Gasteiger partial charge in [-0.3, -0.25) is 19.9 Å². The molecule has 0 atom stereocenters. The van der Waals surface area contributed by atoms with Crippen LogP contribution in [0.4, 0.5) is 20.6 Å². The average Bonchev–Trinajstić information content (AvgIpc) is 2.70. The number of anilines is 2. The third-order valence-electron chi connectivity index (χ3n) is 4.32. The number of carbonyl (C=O) groups is 3. The fraction of sp³-hybridized carbons (Fsp3) is 0.0909. The molecule has 7 nitrogen and oxygen atoms in total. The molecule has 0 aliphatic heterocycles. The Kier molecular flexibility index (Phi) is 6.17. The van der Waals surface area contributed by atoms with Crippen molar-refractivity contribution >= 4 is 29.2 Å². The predicted octanol–water partition coefficient (Wildman–Crippen LogP) is 4.50. The maximum Gasteiger partial charge on any atom is 0.409 e. The van der Waals surface area contributed by atoms with Crippen molar-refractivity contribution in [2.45, 2.75) is 13.3 Å². The van der Waals surface area contributed by atoms with Crippen LogP contribution in [0.15, 0.2) is 60.8 Å². The fourth-order valence-electron chi connectivity index (χ4n) is 2.94. The molecule has 2 amide bonds. The van der Waals surface area contributed by atoms with Crippen LogP contribution in [0.3, 0.4) is 0 Å². The SMILES string of the molecule is Cc1ncccc1-c1cccc(C(=O)CC(=O)Nc2cc(F)ccc2NC(=O)O)c1. The number of amides is 2. The van der Waals surface area contributed by atoms with Crippen LogP contribution < -0.4 is 10.6 Å². The second-order valence-corrected chi connectivity index (χ2v) is 6.49. The van der Waals surface area contributed by atoms with Crippen LogP contribution in [0.25, 0.3) is 11.1 Å². The Balaban J connectivity index is 1.75. The van der Waals surface area contributed by atoms with Crippen molar-refractivity contribution in [3.8, 4) is 11.1 Å². The number of Topliss-reactive ketones (excluding diaryl/α,β-unsaturated/α-hetero) is 1. The molecule has 8 heteroatoms. The molecule has 0 aliphatic rings. The van der Waals surface area contributed by atoms with E-state index in [1.165, 1.54) is 6.07 Å². The second kappa shape index (κ2) is 8.95. The van der Waals surface area contributed by atoms with E-state index in [1.807, 2.05) is 19.1 Å². The van der Waals surface area contributed by atoms with Gasteiger partial charge < -0.3 is 10.4 Å². The maximum absolute atomic E-state index is 13.5. The highest BCUT2D eigenvalue weighted by Crippen LogP contribution is 2.25. The van der Waals surface area contributed by atoms with Gasteiger partial charge >= 0.3 is 6.09 Å². The Morgan fingerprint density at radius 3 is 2.53 bits per heavy atom. The summed E-state index contributed by atoms with van der Waals surface area (Å²) in [4.78, 5) is 40.0. The van der Waals surface area contributed by atoms with Gasteiger partial charge in [-0.05, 0) is 42.8 Å². The first-order valence-corrected chi connectivity index (χ1v) is 8.98. The highest BCUT2D eigenvalue weighted by atomic mass is 19.1. The van der Waals surface area contributed by atoms with Crippen molar-refractivity contribution in [2.24, 2.45) is 0 Å². The van der Waals surface area contributed by atoms with Crippen LogP contribution in [-0.4, -0.2) is 27.9 Å². The standard InChI is InChI=1S/C22H18FN3O4/c1-13-17(6-3-9-24-13)14-4-2-5-15(10-14)20(27)12-21(28)25-19-11-16(23)7-8-18(19)26-22(29)30/h2-11,26H,12H2,1H3,(H,25,28)(H,29,30). The quantitative estimate of drug-likeness (QED) is 0.412. The van der Waals surface area contributed by atoms with Crippen LogP contribution in [-0.2, 0) is 4.79 Å². The van der Waals surface area contributed by atoms with Crippen LogP contribution in [0.5, 0.6) is 0 Å². The number of hydrogen-bond donors (Lipinski definition) is 3. The minimum atomic E-state index is -1.37. The van der Waals surface area contributed by atoms with Crippen LogP contribution in [0.2, 0.25) is 0 Å². The first kappa shape index (κ1) is 20.7. The molecule has 30 heavy (non-hydrogen) atoms. The lowest BCUT2D eigenvalue weighted by atomic mass is 9.99. The summed E-state index contributed by atoms with van der Waals surface area (Å²) >= 11 is 0.